The fourth-order valence-electron chi connectivity index (χ4n) is 5.86. The summed E-state index contributed by atoms with van der Waals surface area (Å²) in [6.07, 6.45) is 7.02. The van der Waals surface area contributed by atoms with Crippen LogP contribution in [0.3, 0.4) is 0 Å². The lowest BCUT2D eigenvalue weighted by Gasteiger charge is -2.43. The number of benzene rings is 1. The highest BCUT2D eigenvalue weighted by Gasteiger charge is 2.40. The molecule has 1 aromatic carbocycles. The first-order chi connectivity index (χ1) is 18.4. The summed E-state index contributed by atoms with van der Waals surface area (Å²) in [6.45, 7) is 7.32. The Kier molecular flexibility index (Phi) is 7.56. The second-order valence-electron chi connectivity index (χ2n) is 10.4. The number of nitrogens with one attached hydrogen (secondary N) is 1. The Labute approximate surface area is 224 Å². The standard InChI is InChI=1S/C29H37N5O4/c1-4-15-33-24-11-12-26(31-27(24)34(19(2)28(33)36)21-7-5-6-8-21)30-23-10-9-20(18-25(23)38-3)29(37)32-16-13-22(35)14-17-32/h4,9-12,18-19,21-22,35H,1,5-8,13-17H2,2-3H3,(H,30,31)/t19-/m1/s1. The normalized spacial score (nSPS) is 20.4. The van der Waals surface area contributed by atoms with Gasteiger partial charge in [0.15, 0.2) is 5.82 Å². The zero-order valence-corrected chi connectivity index (χ0v) is 22.2. The van der Waals surface area contributed by atoms with Crippen LogP contribution < -0.4 is 19.9 Å². The van der Waals surface area contributed by atoms with Gasteiger partial charge >= 0.3 is 0 Å². The third-order valence-corrected chi connectivity index (χ3v) is 7.92. The molecule has 1 aliphatic carbocycles. The lowest BCUT2D eigenvalue weighted by atomic mass is 10.1. The largest absolute Gasteiger partial charge is 0.495 e. The van der Waals surface area contributed by atoms with Gasteiger partial charge in [-0.25, -0.2) is 4.98 Å². The van der Waals surface area contributed by atoms with E-state index in [1.807, 2.05) is 25.1 Å². The number of hydrogen-bond donors (Lipinski definition) is 2. The monoisotopic (exact) mass is 519 g/mol. The number of fused-ring (bicyclic) bond motifs is 1. The van der Waals surface area contributed by atoms with Crippen molar-refractivity contribution in [3.05, 3.63) is 48.6 Å². The molecule has 38 heavy (non-hydrogen) atoms. The van der Waals surface area contributed by atoms with Gasteiger partial charge in [0.05, 0.1) is 24.6 Å². The summed E-state index contributed by atoms with van der Waals surface area (Å²) in [5.74, 6) is 1.97. The fourth-order valence-corrected chi connectivity index (χ4v) is 5.86. The van der Waals surface area contributed by atoms with Gasteiger partial charge in [0.2, 0.25) is 5.91 Å². The number of aliphatic hydroxyl groups is 1. The molecule has 0 unspecified atom stereocenters. The molecular weight excluding hydrogens is 482 g/mol. The van der Waals surface area contributed by atoms with Gasteiger partial charge in [-0.15, -0.1) is 6.58 Å². The summed E-state index contributed by atoms with van der Waals surface area (Å²) >= 11 is 0. The molecular formula is C29H37N5O4. The van der Waals surface area contributed by atoms with E-state index in [9.17, 15) is 14.7 Å². The van der Waals surface area contributed by atoms with Crippen LogP contribution in [0.5, 0.6) is 5.75 Å². The first-order valence-corrected chi connectivity index (χ1v) is 13.5. The van der Waals surface area contributed by atoms with E-state index in [1.54, 1.807) is 35.1 Å². The molecule has 0 bridgehead atoms. The number of anilines is 4. The average Bonchev–Trinajstić information content (AvgIpc) is 3.46. The van der Waals surface area contributed by atoms with Gasteiger partial charge in [0.1, 0.15) is 17.6 Å². The second kappa shape index (κ2) is 11.0. The Hall–Kier alpha value is -3.59. The minimum Gasteiger partial charge on any atom is -0.495 e. The van der Waals surface area contributed by atoms with E-state index in [0.717, 1.165) is 37.2 Å². The maximum absolute atomic E-state index is 13.3. The van der Waals surface area contributed by atoms with Gasteiger partial charge in [-0.1, -0.05) is 18.9 Å². The van der Waals surface area contributed by atoms with E-state index in [0.29, 0.717) is 55.3 Å². The summed E-state index contributed by atoms with van der Waals surface area (Å²) in [4.78, 5) is 37.0. The Balaban J connectivity index is 1.43. The van der Waals surface area contributed by atoms with Gasteiger partial charge in [0.25, 0.3) is 5.91 Å². The van der Waals surface area contributed by atoms with Crippen LogP contribution >= 0.6 is 0 Å². The van der Waals surface area contributed by atoms with Crippen molar-refractivity contribution in [3.63, 3.8) is 0 Å². The Morgan fingerprint density at radius 1 is 1.18 bits per heavy atom. The number of amides is 2. The highest BCUT2D eigenvalue weighted by Crippen LogP contribution is 2.41. The number of ether oxygens (including phenoxy) is 1. The molecule has 1 atom stereocenters. The van der Waals surface area contributed by atoms with E-state index in [1.165, 1.54) is 0 Å². The molecule has 5 rings (SSSR count). The van der Waals surface area contributed by atoms with Crippen molar-refractivity contribution in [2.75, 3.05) is 41.9 Å². The van der Waals surface area contributed by atoms with Crippen LogP contribution in [0.1, 0.15) is 55.8 Å². The minimum atomic E-state index is -0.334. The van der Waals surface area contributed by atoms with E-state index < -0.39 is 0 Å². The number of aliphatic hydroxyl groups excluding tert-OH is 1. The summed E-state index contributed by atoms with van der Waals surface area (Å²) in [5, 5.41) is 13.1. The van der Waals surface area contributed by atoms with Crippen LogP contribution in [0.15, 0.2) is 43.0 Å². The molecule has 2 fully saturated rings. The van der Waals surface area contributed by atoms with Gasteiger partial charge in [0, 0.05) is 31.2 Å². The maximum Gasteiger partial charge on any atom is 0.253 e. The number of nitrogens with zero attached hydrogens (tertiary/aromatic N) is 4. The Morgan fingerprint density at radius 3 is 2.61 bits per heavy atom. The maximum atomic E-state index is 13.3. The molecule has 9 nitrogen and oxygen atoms in total. The smallest absolute Gasteiger partial charge is 0.253 e. The Bertz CT molecular complexity index is 1200. The third kappa shape index (κ3) is 4.95. The third-order valence-electron chi connectivity index (χ3n) is 7.92. The van der Waals surface area contributed by atoms with Crippen molar-refractivity contribution in [3.8, 4) is 5.75 Å². The minimum absolute atomic E-state index is 0.0666. The zero-order chi connectivity index (χ0) is 26.8. The number of aromatic nitrogens is 1. The number of carbonyl (C=O) groups excluding carboxylic acids is 2. The quantitative estimate of drug-likeness (QED) is 0.532. The van der Waals surface area contributed by atoms with Gasteiger partial charge in [-0.2, -0.15) is 0 Å². The first-order valence-electron chi connectivity index (χ1n) is 13.5. The summed E-state index contributed by atoms with van der Waals surface area (Å²) < 4.78 is 5.63. The van der Waals surface area contributed by atoms with Crippen LogP contribution in [0.25, 0.3) is 0 Å². The average molecular weight is 520 g/mol. The zero-order valence-electron chi connectivity index (χ0n) is 22.2. The van der Waals surface area contributed by atoms with Crippen molar-refractivity contribution < 1.29 is 19.4 Å². The van der Waals surface area contributed by atoms with Crippen LogP contribution in [0.2, 0.25) is 0 Å². The molecule has 2 N–H and O–H groups in total. The van der Waals surface area contributed by atoms with Crippen molar-refractivity contribution in [2.24, 2.45) is 0 Å². The number of pyridine rings is 1. The Morgan fingerprint density at radius 2 is 1.92 bits per heavy atom. The van der Waals surface area contributed by atoms with Gasteiger partial charge in [-0.3, -0.25) is 9.59 Å². The van der Waals surface area contributed by atoms with Crippen molar-refractivity contribution in [1.82, 2.24) is 9.88 Å². The lowest BCUT2D eigenvalue weighted by Crippen LogP contribution is -2.55. The van der Waals surface area contributed by atoms with E-state index in [4.69, 9.17) is 9.72 Å². The molecule has 2 amide bonds. The molecule has 1 saturated heterocycles. The predicted octanol–water partition coefficient (Wildman–Crippen LogP) is 4.10. The molecule has 3 aliphatic rings. The van der Waals surface area contributed by atoms with Crippen molar-refractivity contribution >= 4 is 34.8 Å². The molecule has 1 aromatic heterocycles. The summed E-state index contributed by atoms with van der Waals surface area (Å²) in [7, 11) is 1.58. The number of hydrogen-bond acceptors (Lipinski definition) is 7. The van der Waals surface area contributed by atoms with Crippen molar-refractivity contribution in [2.45, 2.75) is 63.6 Å². The second-order valence-corrected chi connectivity index (χ2v) is 10.4. The SMILES string of the molecule is C=CCN1C(=O)[C@@H](C)N(C2CCCC2)c2nc(Nc3ccc(C(=O)N4CCC(O)CC4)cc3OC)ccc21. The molecule has 0 spiro atoms. The van der Waals surface area contributed by atoms with Crippen LogP contribution in [-0.2, 0) is 4.79 Å². The number of likely N-dealkylation sites (tertiary alicyclic amines) is 1. The number of piperidine rings is 1. The van der Waals surface area contributed by atoms with E-state index in [2.05, 4.69) is 16.8 Å². The molecule has 2 aliphatic heterocycles. The fraction of sp³-hybridized carbons (Fsp3) is 0.483. The van der Waals surface area contributed by atoms with Gasteiger partial charge in [-0.05, 0) is 62.9 Å². The van der Waals surface area contributed by atoms with Crippen molar-refractivity contribution in [1.29, 1.82) is 0 Å². The first kappa shape index (κ1) is 26.0. The number of methoxy groups -OCH3 is 1. The van der Waals surface area contributed by atoms with Crippen LogP contribution in [-0.4, -0.2) is 71.7 Å². The molecule has 202 valence electrons. The summed E-state index contributed by atoms with van der Waals surface area (Å²) in [5.41, 5.74) is 2.04. The highest BCUT2D eigenvalue weighted by molar-refractivity contribution is 6.05. The summed E-state index contributed by atoms with van der Waals surface area (Å²) in [6, 6.07) is 9.15. The molecule has 0 radical (unpaired) electrons. The molecule has 2 aromatic rings. The van der Waals surface area contributed by atoms with Crippen LogP contribution in [0.4, 0.5) is 23.0 Å². The topological polar surface area (TPSA) is 98.2 Å². The lowest BCUT2D eigenvalue weighted by molar-refractivity contribution is -0.119. The van der Waals surface area contributed by atoms with E-state index >= 15 is 0 Å². The molecule has 3 heterocycles. The van der Waals surface area contributed by atoms with Crippen LogP contribution in [0, 0.1) is 0 Å². The number of carbonyl (C=O) groups is 2. The van der Waals surface area contributed by atoms with Gasteiger partial charge < -0.3 is 29.9 Å². The number of rotatable bonds is 7. The highest BCUT2D eigenvalue weighted by atomic mass is 16.5. The molecule has 1 saturated carbocycles. The van der Waals surface area contributed by atoms with E-state index in [-0.39, 0.29) is 30.0 Å². The molecule has 9 heteroatoms. The predicted molar refractivity (Wildman–Crippen MR) is 148 cm³/mol.